The van der Waals surface area contributed by atoms with Crippen molar-refractivity contribution in [3.8, 4) is 0 Å². The van der Waals surface area contributed by atoms with E-state index >= 15 is 0 Å². The van der Waals surface area contributed by atoms with Gasteiger partial charge < -0.3 is 35.3 Å². The predicted octanol–water partition coefficient (Wildman–Crippen LogP) is 8.09. The molecule has 0 aliphatic heterocycles. The fraction of sp³-hybridized carbons (Fsp3) is 0.357. The highest BCUT2D eigenvalue weighted by Crippen LogP contribution is 2.46. The molecule has 74 heavy (non-hydrogen) atoms. The summed E-state index contributed by atoms with van der Waals surface area (Å²) < 4.78 is 48.8. The van der Waals surface area contributed by atoms with E-state index in [1.165, 1.54) is 0 Å². The Morgan fingerprint density at radius 3 is 1.27 bits per heavy atom. The van der Waals surface area contributed by atoms with Crippen molar-refractivity contribution in [2.45, 2.75) is 115 Å². The fourth-order valence-electron chi connectivity index (χ4n) is 7.22. The predicted molar refractivity (Wildman–Crippen MR) is 276 cm³/mol. The van der Waals surface area contributed by atoms with Crippen LogP contribution in [0, 0.1) is 0 Å². The number of ether oxygens (including phenoxy) is 4. The standard InChI is InChI=1S/C56H67N4O13P/c57-36-18-6-17-31-51(61)59-49(55(65)70-40-45-24-11-3-12-25-45)32-34-52(62)58-48(54(64)69-39-44-22-9-2-10-23-44)30-19-37-72-74(67,73-42-47-28-15-5-16-29-47)60-50(56(66)71-41-46-26-13-4-14-27-46)33-35-53(63)68-38-43-20-7-1-8-21-43/h1-5,7-16,20-29,48-50H,6,17-19,30-42,57H2,(H,58,62)(H,59,61)(H,60,67)/t48-,49-,50-,74?/m0/s1. The highest BCUT2D eigenvalue weighted by molar-refractivity contribution is 7.51. The molecule has 4 atom stereocenters. The van der Waals surface area contributed by atoms with E-state index in [9.17, 15) is 33.3 Å². The average Bonchev–Trinajstić information content (AvgIpc) is 3.43. The summed E-state index contributed by atoms with van der Waals surface area (Å²) in [5.41, 5.74) is 9.15. The quantitative estimate of drug-likeness (QED) is 0.0132. The second-order valence-corrected chi connectivity index (χ2v) is 19.0. The highest BCUT2D eigenvalue weighted by atomic mass is 31.2. The lowest BCUT2D eigenvalue weighted by Crippen LogP contribution is -2.45. The third kappa shape index (κ3) is 22.8. The minimum absolute atomic E-state index is 0.00926. The number of amides is 2. The van der Waals surface area contributed by atoms with Gasteiger partial charge >= 0.3 is 31.6 Å². The number of hydrogen-bond donors (Lipinski definition) is 4. The number of hydrogen-bond acceptors (Lipinski definition) is 14. The first-order chi connectivity index (χ1) is 36.0. The van der Waals surface area contributed by atoms with Gasteiger partial charge in [0.2, 0.25) is 11.8 Å². The Morgan fingerprint density at radius 1 is 0.419 bits per heavy atom. The average molecular weight is 1040 g/mol. The smallest absolute Gasteiger partial charge is 0.406 e. The van der Waals surface area contributed by atoms with Crippen molar-refractivity contribution in [1.29, 1.82) is 0 Å². The minimum Gasteiger partial charge on any atom is -0.461 e. The molecule has 0 heterocycles. The van der Waals surface area contributed by atoms with Crippen molar-refractivity contribution in [3.63, 3.8) is 0 Å². The lowest BCUT2D eigenvalue weighted by molar-refractivity contribution is -0.150. The van der Waals surface area contributed by atoms with Gasteiger partial charge in [-0.25, -0.2) is 19.2 Å². The Kier molecular flexibility index (Phi) is 25.8. The SMILES string of the molecule is NCCCCCC(=O)N[C@@H](CCC(=O)N[C@@H](CCCOP(=O)(N[C@@H](CCC(=O)OCc1ccccc1)C(=O)OCc1ccccc1)OCc1ccccc1)C(=O)OCc1ccccc1)C(=O)OCc1ccccc1. The molecule has 0 fully saturated rings. The third-order valence-electron chi connectivity index (χ3n) is 11.3. The van der Waals surface area contributed by atoms with E-state index in [1.54, 1.807) is 115 Å². The molecule has 2 amide bonds. The first-order valence-electron chi connectivity index (χ1n) is 24.8. The van der Waals surface area contributed by atoms with Crippen LogP contribution in [0.2, 0.25) is 0 Å². The second kappa shape index (κ2) is 32.9. The maximum Gasteiger partial charge on any atom is 0.406 e. The van der Waals surface area contributed by atoms with Crippen molar-refractivity contribution >= 4 is 43.4 Å². The lowest BCUT2D eigenvalue weighted by atomic mass is 10.1. The van der Waals surface area contributed by atoms with Crippen LogP contribution in [0.3, 0.4) is 0 Å². The van der Waals surface area contributed by atoms with Crippen LogP contribution >= 0.6 is 7.75 Å². The van der Waals surface area contributed by atoms with E-state index in [-0.39, 0.29) is 90.5 Å². The molecule has 5 N–H and O–H groups in total. The molecule has 0 aliphatic rings. The molecule has 1 unspecified atom stereocenters. The molecule has 0 aromatic heterocycles. The summed E-state index contributed by atoms with van der Waals surface area (Å²) in [4.78, 5) is 80.4. The fourth-order valence-corrected chi connectivity index (χ4v) is 8.75. The van der Waals surface area contributed by atoms with Crippen LogP contribution in [0.4, 0.5) is 0 Å². The molecule has 0 spiro atoms. The number of nitrogens with one attached hydrogen (secondary N) is 3. The van der Waals surface area contributed by atoms with Gasteiger partial charge in [-0.3, -0.25) is 28.2 Å². The number of carbonyl (C=O) groups is 6. The summed E-state index contributed by atoms with van der Waals surface area (Å²) in [5, 5.41) is 8.14. The van der Waals surface area contributed by atoms with Crippen LogP contribution in [0.15, 0.2) is 152 Å². The van der Waals surface area contributed by atoms with E-state index in [2.05, 4.69) is 15.7 Å². The second-order valence-electron chi connectivity index (χ2n) is 17.3. The largest absolute Gasteiger partial charge is 0.461 e. The number of nitrogens with two attached hydrogens (primary N) is 1. The van der Waals surface area contributed by atoms with E-state index in [1.807, 2.05) is 36.4 Å². The van der Waals surface area contributed by atoms with Crippen LogP contribution in [-0.4, -0.2) is 67.0 Å². The lowest BCUT2D eigenvalue weighted by Gasteiger charge is -2.25. The van der Waals surface area contributed by atoms with Crippen LogP contribution in [-0.2, 0) is 94.4 Å². The van der Waals surface area contributed by atoms with E-state index in [0.29, 0.717) is 29.7 Å². The topological polar surface area (TPSA) is 237 Å². The van der Waals surface area contributed by atoms with E-state index < -0.39 is 55.7 Å². The Labute approximate surface area is 432 Å². The van der Waals surface area contributed by atoms with Crippen LogP contribution in [0.5, 0.6) is 0 Å². The molecule has 0 saturated heterocycles. The van der Waals surface area contributed by atoms with Crippen molar-refractivity contribution < 1.29 is 61.3 Å². The van der Waals surface area contributed by atoms with Crippen LogP contribution in [0.25, 0.3) is 0 Å². The Balaban J connectivity index is 1.27. The number of esters is 4. The first kappa shape index (κ1) is 57.9. The van der Waals surface area contributed by atoms with Gasteiger partial charge in [0.1, 0.15) is 44.6 Å². The molecule has 0 saturated carbocycles. The summed E-state index contributed by atoms with van der Waals surface area (Å²) >= 11 is 0. The van der Waals surface area contributed by atoms with Gasteiger partial charge in [0, 0.05) is 19.3 Å². The van der Waals surface area contributed by atoms with Gasteiger partial charge in [0.15, 0.2) is 0 Å². The maximum absolute atomic E-state index is 14.7. The number of rotatable bonds is 34. The zero-order chi connectivity index (χ0) is 52.6. The number of carbonyl (C=O) groups excluding carboxylic acids is 6. The van der Waals surface area contributed by atoms with Gasteiger partial charge in [0.25, 0.3) is 0 Å². The Hall–Kier alpha value is -7.01. The summed E-state index contributed by atoms with van der Waals surface area (Å²) in [5.74, 6) is -3.94. The summed E-state index contributed by atoms with van der Waals surface area (Å²) in [6, 6.07) is 41.1. The summed E-state index contributed by atoms with van der Waals surface area (Å²) in [6.07, 6.45) is 1.24. The molecule has 5 aromatic carbocycles. The molecular weight excluding hydrogens is 968 g/mol. The zero-order valence-corrected chi connectivity index (χ0v) is 42.4. The minimum atomic E-state index is -4.45. The Morgan fingerprint density at radius 2 is 0.811 bits per heavy atom. The van der Waals surface area contributed by atoms with Gasteiger partial charge in [-0.2, -0.15) is 0 Å². The summed E-state index contributed by atoms with van der Waals surface area (Å²) in [7, 11) is -4.45. The molecule has 0 aliphatic carbocycles. The zero-order valence-electron chi connectivity index (χ0n) is 41.5. The highest BCUT2D eigenvalue weighted by Gasteiger charge is 2.34. The van der Waals surface area contributed by atoms with E-state index in [0.717, 1.165) is 24.0 Å². The van der Waals surface area contributed by atoms with Crippen molar-refractivity contribution in [3.05, 3.63) is 179 Å². The van der Waals surface area contributed by atoms with Gasteiger partial charge in [-0.05, 0) is 72.9 Å². The molecule has 5 rings (SSSR count). The molecule has 0 radical (unpaired) electrons. The van der Waals surface area contributed by atoms with Gasteiger partial charge in [0.05, 0.1) is 13.2 Å². The monoisotopic (exact) mass is 1030 g/mol. The third-order valence-corrected chi connectivity index (χ3v) is 12.9. The maximum atomic E-state index is 14.7. The molecule has 5 aromatic rings. The normalized spacial score (nSPS) is 13.0. The van der Waals surface area contributed by atoms with Crippen LogP contribution < -0.4 is 21.5 Å². The van der Waals surface area contributed by atoms with Crippen molar-refractivity contribution in [2.24, 2.45) is 5.73 Å². The van der Waals surface area contributed by atoms with Gasteiger partial charge in [-0.15, -0.1) is 0 Å². The first-order valence-corrected chi connectivity index (χ1v) is 26.3. The molecule has 0 bridgehead atoms. The molecular formula is C56H67N4O13P. The summed E-state index contributed by atoms with van der Waals surface area (Å²) in [6.45, 7) is -0.254. The van der Waals surface area contributed by atoms with Crippen LogP contribution in [0.1, 0.15) is 92.0 Å². The van der Waals surface area contributed by atoms with Gasteiger partial charge in [-0.1, -0.05) is 158 Å². The Bertz CT molecular complexity index is 2510. The van der Waals surface area contributed by atoms with Crippen molar-refractivity contribution in [1.82, 2.24) is 15.7 Å². The number of benzene rings is 5. The van der Waals surface area contributed by atoms with E-state index in [4.69, 9.17) is 33.7 Å². The molecule has 17 nitrogen and oxygen atoms in total. The number of unbranched alkanes of at least 4 members (excludes halogenated alkanes) is 2. The molecule has 18 heteroatoms. The molecule has 394 valence electrons. The van der Waals surface area contributed by atoms with Crippen molar-refractivity contribution in [2.75, 3.05) is 13.2 Å².